The molecule has 102 valence electrons. The molecule has 0 aliphatic carbocycles. The lowest BCUT2D eigenvalue weighted by Crippen LogP contribution is -2.09. The van der Waals surface area contributed by atoms with E-state index < -0.39 is 0 Å². The van der Waals surface area contributed by atoms with Crippen molar-refractivity contribution in [3.8, 4) is 10.6 Å². The molecule has 0 saturated heterocycles. The van der Waals surface area contributed by atoms with Crippen LogP contribution in [0.2, 0.25) is 4.34 Å². The molecule has 0 unspecified atom stereocenters. The highest BCUT2D eigenvalue weighted by molar-refractivity contribution is 9.11. The molecule has 1 amide bonds. The zero-order valence-electron chi connectivity index (χ0n) is 9.72. The van der Waals surface area contributed by atoms with E-state index in [9.17, 15) is 4.79 Å². The molecular weight excluding hydrogens is 400 g/mol. The van der Waals surface area contributed by atoms with Crippen LogP contribution in [0.3, 0.4) is 0 Å². The molecule has 0 aliphatic heterocycles. The Morgan fingerprint density at radius 3 is 2.75 bits per heavy atom. The van der Waals surface area contributed by atoms with E-state index >= 15 is 0 Å². The van der Waals surface area contributed by atoms with Crippen molar-refractivity contribution in [1.29, 1.82) is 0 Å². The van der Waals surface area contributed by atoms with Gasteiger partial charge in [0.15, 0.2) is 5.13 Å². The fourth-order valence-electron chi connectivity index (χ4n) is 1.49. The van der Waals surface area contributed by atoms with Gasteiger partial charge < -0.3 is 0 Å². The first-order valence-corrected chi connectivity index (χ1v) is 9.08. The van der Waals surface area contributed by atoms with Gasteiger partial charge in [-0.1, -0.05) is 11.6 Å². The first-order chi connectivity index (χ1) is 9.61. The van der Waals surface area contributed by atoms with Gasteiger partial charge in [0, 0.05) is 5.38 Å². The second-order valence-electron chi connectivity index (χ2n) is 3.70. The molecule has 3 heterocycles. The number of hydrogen-bond acceptors (Lipinski definition) is 5. The smallest absolute Gasteiger partial charge is 0.267 e. The minimum absolute atomic E-state index is 0.185. The summed E-state index contributed by atoms with van der Waals surface area (Å²) in [6.45, 7) is 0. The van der Waals surface area contributed by atoms with E-state index in [2.05, 4.69) is 26.2 Å². The van der Waals surface area contributed by atoms with Crippen LogP contribution in [0.4, 0.5) is 5.13 Å². The third kappa shape index (κ3) is 3.12. The number of thiophene rings is 2. The average Bonchev–Trinajstić information content (AvgIpc) is 3.10. The predicted octanol–water partition coefficient (Wildman–Crippen LogP) is 5.60. The quantitative estimate of drug-likeness (QED) is 0.616. The summed E-state index contributed by atoms with van der Waals surface area (Å²) < 4.78 is 1.65. The second kappa shape index (κ2) is 5.95. The van der Waals surface area contributed by atoms with Crippen LogP contribution < -0.4 is 5.32 Å². The van der Waals surface area contributed by atoms with Gasteiger partial charge in [-0.05, 0) is 40.2 Å². The molecule has 3 aromatic rings. The van der Waals surface area contributed by atoms with Crippen LogP contribution in [-0.2, 0) is 0 Å². The SMILES string of the molecule is O=C(Nc1nc(-c2ccc(Br)s2)cs1)c1ccc(Cl)s1. The maximum absolute atomic E-state index is 12.0. The summed E-state index contributed by atoms with van der Waals surface area (Å²) in [6.07, 6.45) is 0. The molecule has 3 rings (SSSR count). The normalized spacial score (nSPS) is 10.7. The fourth-order valence-corrected chi connectivity index (χ4v) is 4.56. The van der Waals surface area contributed by atoms with E-state index in [0.29, 0.717) is 14.3 Å². The molecule has 0 fully saturated rings. The van der Waals surface area contributed by atoms with E-state index in [0.717, 1.165) is 14.4 Å². The van der Waals surface area contributed by atoms with Gasteiger partial charge in [-0.25, -0.2) is 4.98 Å². The van der Waals surface area contributed by atoms with Crippen molar-refractivity contribution >= 4 is 72.6 Å². The molecule has 0 spiro atoms. The summed E-state index contributed by atoms with van der Waals surface area (Å²) >= 11 is 13.5. The Kier molecular flexibility index (Phi) is 4.23. The topological polar surface area (TPSA) is 42.0 Å². The molecule has 1 N–H and O–H groups in total. The van der Waals surface area contributed by atoms with Crippen molar-refractivity contribution in [2.75, 3.05) is 5.32 Å². The number of hydrogen-bond donors (Lipinski definition) is 1. The zero-order valence-corrected chi connectivity index (χ0v) is 14.5. The van der Waals surface area contributed by atoms with Gasteiger partial charge in [0.25, 0.3) is 5.91 Å². The highest BCUT2D eigenvalue weighted by atomic mass is 79.9. The molecule has 0 bridgehead atoms. The van der Waals surface area contributed by atoms with Crippen LogP contribution in [0.25, 0.3) is 10.6 Å². The maximum Gasteiger partial charge on any atom is 0.267 e. The van der Waals surface area contributed by atoms with Crippen molar-refractivity contribution in [3.63, 3.8) is 0 Å². The first kappa shape index (κ1) is 14.2. The summed E-state index contributed by atoms with van der Waals surface area (Å²) in [4.78, 5) is 18.0. The third-order valence-electron chi connectivity index (χ3n) is 2.35. The maximum atomic E-state index is 12.0. The van der Waals surface area contributed by atoms with Gasteiger partial charge in [-0.2, -0.15) is 0 Å². The minimum Gasteiger partial charge on any atom is -0.297 e. The van der Waals surface area contributed by atoms with Crippen molar-refractivity contribution in [2.24, 2.45) is 0 Å². The molecular formula is C12H6BrClN2OS3. The van der Waals surface area contributed by atoms with E-state index in [-0.39, 0.29) is 5.91 Å². The Hall–Kier alpha value is -0.730. The lowest BCUT2D eigenvalue weighted by molar-refractivity contribution is 0.103. The van der Waals surface area contributed by atoms with Gasteiger partial charge in [0.1, 0.15) is 0 Å². The Balaban J connectivity index is 1.76. The highest BCUT2D eigenvalue weighted by Gasteiger charge is 2.12. The largest absolute Gasteiger partial charge is 0.297 e. The number of carbonyl (C=O) groups is 1. The number of rotatable bonds is 3. The molecule has 3 aromatic heterocycles. The Morgan fingerprint density at radius 1 is 1.25 bits per heavy atom. The van der Waals surface area contributed by atoms with Crippen LogP contribution in [0, 0.1) is 0 Å². The summed E-state index contributed by atoms with van der Waals surface area (Å²) in [5, 5.41) is 5.29. The van der Waals surface area contributed by atoms with E-state index in [1.807, 2.05) is 17.5 Å². The third-order valence-corrected chi connectivity index (χ3v) is 5.98. The fraction of sp³-hybridized carbons (Fsp3) is 0. The van der Waals surface area contributed by atoms with Crippen LogP contribution in [0.1, 0.15) is 9.67 Å². The molecule has 0 radical (unpaired) electrons. The number of thiazole rings is 1. The van der Waals surface area contributed by atoms with Gasteiger partial charge in [-0.3, -0.25) is 10.1 Å². The van der Waals surface area contributed by atoms with Crippen molar-refractivity contribution < 1.29 is 4.79 Å². The summed E-state index contributed by atoms with van der Waals surface area (Å²) in [6, 6.07) is 7.38. The molecule has 8 heteroatoms. The highest BCUT2D eigenvalue weighted by Crippen LogP contribution is 2.33. The van der Waals surface area contributed by atoms with Crippen LogP contribution in [0.15, 0.2) is 33.4 Å². The number of anilines is 1. The summed E-state index contributed by atoms with van der Waals surface area (Å²) in [5.74, 6) is -0.185. The van der Waals surface area contributed by atoms with Crippen molar-refractivity contribution in [1.82, 2.24) is 4.98 Å². The van der Waals surface area contributed by atoms with Crippen LogP contribution in [0.5, 0.6) is 0 Å². The van der Waals surface area contributed by atoms with Crippen molar-refractivity contribution in [3.05, 3.63) is 42.6 Å². The Labute approximate surface area is 140 Å². The molecule has 3 nitrogen and oxygen atoms in total. The van der Waals surface area contributed by atoms with Gasteiger partial charge >= 0.3 is 0 Å². The lowest BCUT2D eigenvalue weighted by atomic mass is 10.4. The standard InChI is InChI=1S/C12H6BrClN2OS3/c13-9-3-1-7(19-9)6-5-18-12(15-6)16-11(17)8-2-4-10(14)20-8/h1-5H,(H,15,16,17). The summed E-state index contributed by atoms with van der Waals surface area (Å²) in [5.41, 5.74) is 0.866. The van der Waals surface area contributed by atoms with E-state index in [1.54, 1.807) is 23.5 Å². The van der Waals surface area contributed by atoms with Gasteiger partial charge in [0.05, 0.1) is 23.6 Å². The van der Waals surface area contributed by atoms with Gasteiger partial charge in [-0.15, -0.1) is 34.0 Å². The lowest BCUT2D eigenvalue weighted by Gasteiger charge is -1.97. The number of nitrogens with one attached hydrogen (secondary N) is 1. The first-order valence-electron chi connectivity index (χ1n) is 5.40. The molecule has 0 aliphatic rings. The van der Waals surface area contributed by atoms with Gasteiger partial charge in [0.2, 0.25) is 0 Å². The number of carbonyl (C=O) groups excluding carboxylic acids is 1. The molecule has 0 aromatic carbocycles. The monoisotopic (exact) mass is 404 g/mol. The zero-order chi connectivity index (χ0) is 14.1. The van der Waals surface area contributed by atoms with E-state index in [1.165, 1.54) is 22.7 Å². The Morgan fingerprint density at radius 2 is 2.10 bits per heavy atom. The predicted molar refractivity (Wildman–Crippen MR) is 90.4 cm³/mol. The Bertz CT molecular complexity index is 764. The molecule has 20 heavy (non-hydrogen) atoms. The number of nitrogens with zero attached hydrogens (tertiary/aromatic N) is 1. The second-order valence-corrected chi connectivity index (χ2v) is 8.74. The molecule has 0 saturated carbocycles. The number of halogens is 2. The average molecular weight is 406 g/mol. The molecule has 0 atom stereocenters. The van der Waals surface area contributed by atoms with Crippen LogP contribution in [-0.4, -0.2) is 10.9 Å². The number of amides is 1. The summed E-state index contributed by atoms with van der Waals surface area (Å²) in [7, 11) is 0. The van der Waals surface area contributed by atoms with Crippen LogP contribution >= 0.6 is 61.5 Å². The number of aromatic nitrogens is 1. The van der Waals surface area contributed by atoms with Crippen molar-refractivity contribution in [2.45, 2.75) is 0 Å². The minimum atomic E-state index is -0.185. The van der Waals surface area contributed by atoms with E-state index in [4.69, 9.17) is 11.6 Å².